The van der Waals surface area contributed by atoms with Crippen LogP contribution in [0.1, 0.15) is 24.2 Å². The molecule has 0 atom stereocenters. The highest BCUT2D eigenvalue weighted by Crippen LogP contribution is 2.25. The molecular formula is C21H19F2N3O2. The second-order valence-electron chi connectivity index (χ2n) is 6.30. The van der Waals surface area contributed by atoms with E-state index in [0.29, 0.717) is 22.8 Å². The fourth-order valence-corrected chi connectivity index (χ4v) is 2.45. The summed E-state index contributed by atoms with van der Waals surface area (Å²) in [5, 5.41) is 5.53. The number of amides is 1. The molecule has 0 spiro atoms. The normalized spacial score (nSPS) is 10.6. The third kappa shape index (κ3) is 4.82. The molecule has 0 aliphatic rings. The summed E-state index contributed by atoms with van der Waals surface area (Å²) in [5.74, 6) is -0.851. The van der Waals surface area contributed by atoms with Crippen LogP contribution in [0.25, 0.3) is 0 Å². The number of aromatic nitrogens is 1. The van der Waals surface area contributed by atoms with Crippen LogP contribution >= 0.6 is 0 Å². The van der Waals surface area contributed by atoms with Gasteiger partial charge in [0.2, 0.25) is 0 Å². The zero-order valence-electron chi connectivity index (χ0n) is 15.4. The maximum absolute atomic E-state index is 13.7. The van der Waals surface area contributed by atoms with Crippen LogP contribution in [0.2, 0.25) is 0 Å². The molecular weight excluding hydrogens is 364 g/mol. The molecule has 28 heavy (non-hydrogen) atoms. The van der Waals surface area contributed by atoms with E-state index in [2.05, 4.69) is 15.6 Å². The van der Waals surface area contributed by atoms with Crippen molar-refractivity contribution < 1.29 is 18.3 Å². The first-order chi connectivity index (χ1) is 13.4. The molecule has 1 heterocycles. The molecule has 0 radical (unpaired) electrons. The van der Waals surface area contributed by atoms with Crippen molar-refractivity contribution in [1.29, 1.82) is 0 Å². The van der Waals surface area contributed by atoms with Crippen LogP contribution in [0.4, 0.5) is 26.0 Å². The minimum absolute atomic E-state index is 0.0306. The third-order valence-electron chi connectivity index (χ3n) is 3.72. The van der Waals surface area contributed by atoms with Crippen molar-refractivity contribution in [3.8, 4) is 5.75 Å². The number of anilines is 3. The van der Waals surface area contributed by atoms with Gasteiger partial charge in [0.15, 0.2) is 0 Å². The Morgan fingerprint density at radius 2 is 1.82 bits per heavy atom. The molecule has 1 aromatic heterocycles. The van der Waals surface area contributed by atoms with Gasteiger partial charge in [-0.3, -0.25) is 4.79 Å². The van der Waals surface area contributed by atoms with E-state index >= 15 is 0 Å². The van der Waals surface area contributed by atoms with E-state index in [1.807, 2.05) is 19.9 Å². The molecule has 2 aromatic carbocycles. The summed E-state index contributed by atoms with van der Waals surface area (Å²) < 4.78 is 32.4. The Balaban J connectivity index is 1.70. The van der Waals surface area contributed by atoms with E-state index < -0.39 is 11.6 Å². The van der Waals surface area contributed by atoms with Crippen molar-refractivity contribution in [2.45, 2.75) is 20.0 Å². The highest BCUT2D eigenvalue weighted by atomic mass is 19.1. The maximum atomic E-state index is 13.7. The van der Waals surface area contributed by atoms with Gasteiger partial charge in [-0.15, -0.1) is 0 Å². The summed E-state index contributed by atoms with van der Waals surface area (Å²) in [5.41, 5.74) is 0.965. The van der Waals surface area contributed by atoms with Gasteiger partial charge >= 0.3 is 0 Å². The van der Waals surface area contributed by atoms with Gasteiger partial charge in [-0.1, -0.05) is 12.1 Å². The Bertz CT molecular complexity index is 976. The summed E-state index contributed by atoms with van der Waals surface area (Å²) >= 11 is 0. The fraction of sp³-hybridized carbons (Fsp3) is 0.143. The molecule has 3 aromatic rings. The van der Waals surface area contributed by atoms with Crippen LogP contribution in [0.5, 0.6) is 5.75 Å². The highest BCUT2D eigenvalue weighted by molar-refractivity contribution is 6.04. The summed E-state index contributed by atoms with van der Waals surface area (Å²) in [7, 11) is 0. The van der Waals surface area contributed by atoms with E-state index in [9.17, 15) is 13.6 Å². The summed E-state index contributed by atoms with van der Waals surface area (Å²) in [4.78, 5) is 16.6. The minimum atomic E-state index is -0.731. The minimum Gasteiger partial charge on any atom is -0.489 e. The number of rotatable bonds is 6. The Morgan fingerprint density at radius 3 is 2.50 bits per heavy atom. The lowest BCUT2D eigenvalue weighted by molar-refractivity contribution is 0.102. The van der Waals surface area contributed by atoms with Gasteiger partial charge in [0.25, 0.3) is 5.91 Å². The molecule has 0 saturated carbocycles. The van der Waals surface area contributed by atoms with Crippen molar-refractivity contribution in [3.05, 3.63) is 78.0 Å². The lowest BCUT2D eigenvalue weighted by atomic mass is 10.2. The summed E-state index contributed by atoms with van der Waals surface area (Å²) in [6.07, 6.45) is 1.34. The van der Waals surface area contributed by atoms with Crippen LogP contribution in [0, 0.1) is 11.6 Å². The van der Waals surface area contributed by atoms with Gasteiger partial charge in [-0.05, 0) is 50.2 Å². The van der Waals surface area contributed by atoms with Crippen molar-refractivity contribution in [2.24, 2.45) is 0 Å². The molecule has 0 saturated heterocycles. The number of halogens is 2. The lowest BCUT2D eigenvalue weighted by Gasteiger charge is -2.14. The van der Waals surface area contributed by atoms with Crippen LogP contribution in [0.15, 0.2) is 60.8 Å². The molecule has 5 nitrogen and oxygen atoms in total. The van der Waals surface area contributed by atoms with Crippen molar-refractivity contribution >= 4 is 23.1 Å². The largest absolute Gasteiger partial charge is 0.489 e. The van der Waals surface area contributed by atoms with Crippen molar-refractivity contribution in [1.82, 2.24) is 4.98 Å². The number of nitrogens with one attached hydrogen (secondary N) is 2. The van der Waals surface area contributed by atoms with E-state index in [4.69, 9.17) is 4.74 Å². The molecule has 1 amide bonds. The average molecular weight is 383 g/mol. The average Bonchev–Trinajstić information content (AvgIpc) is 2.66. The molecule has 0 aliphatic carbocycles. The number of nitrogens with zero attached hydrogens (tertiary/aromatic N) is 1. The number of hydrogen-bond acceptors (Lipinski definition) is 4. The second-order valence-corrected chi connectivity index (χ2v) is 6.30. The molecule has 0 fully saturated rings. The standard InChI is InChI=1S/C21H19F2N3O2/c1-13(2)28-19-6-4-3-5-18(19)26-21(27)14-7-10-20(24-12-14)25-17-9-8-15(22)11-16(17)23/h3-13H,1-2H3,(H,24,25)(H,26,27). The summed E-state index contributed by atoms with van der Waals surface area (Å²) in [6.45, 7) is 3.80. The first-order valence-electron chi connectivity index (χ1n) is 8.67. The zero-order chi connectivity index (χ0) is 20.1. The third-order valence-corrected chi connectivity index (χ3v) is 3.72. The number of benzene rings is 2. The van der Waals surface area contributed by atoms with Crippen LogP contribution in [-0.4, -0.2) is 17.0 Å². The van der Waals surface area contributed by atoms with Crippen LogP contribution < -0.4 is 15.4 Å². The van der Waals surface area contributed by atoms with Gasteiger partial charge in [0.05, 0.1) is 23.0 Å². The Kier molecular flexibility index (Phi) is 5.84. The van der Waals surface area contributed by atoms with E-state index in [-0.39, 0.29) is 17.7 Å². The fourth-order valence-electron chi connectivity index (χ4n) is 2.45. The molecule has 144 valence electrons. The second kappa shape index (κ2) is 8.47. The molecule has 0 bridgehead atoms. The molecule has 0 aliphatic heterocycles. The molecule has 0 unspecified atom stereocenters. The Morgan fingerprint density at radius 1 is 1.04 bits per heavy atom. The quantitative estimate of drug-likeness (QED) is 0.618. The lowest BCUT2D eigenvalue weighted by Crippen LogP contribution is -2.14. The van der Waals surface area contributed by atoms with Crippen LogP contribution in [-0.2, 0) is 0 Å². The topological polar surface area (TPSA) is 63.2 Å². The zero-order valence-corrected chi connectivity index (χ0v) is 15.4. The van der Waals surface area contributed by atoms with Gasteiger partial charge in [-0.2, -0.15) is 0 Å². The predicted octanol–water partition coefficient (Wildman–Crippen LogP) is 5.14. The maximum Gasteiger partial charge on any atom is 0.257 e. The first-order valence-corrected chi connectivity index (χ1v) is 8.67. The smallest absolute Gasteiger partial charge is 0.257 e. The van der Waals surface area contributed by atoms with Crippen molar-refractivity contribution in [2.75, 3.05) is 10.6 Å². The molecule has 2 N–H and O–H groups in total. The highest BCUT2D eigenvalue weighted by Gasteiger charge is 2.12. The van der Waals surface area contributed by atoms with Crippen molar-refractivity contribution in [3.63, 3.8) is 0 Å². The first kappa shape index (κ1) is 19.3. The number of pyridine rings is 1. The molecule has 3 rings (SSSR count). The summed E-state index contributed by atoms with van der Waals surface area (Å²) in [6, 6.07) is 13.4. The number of carbonyl (C=O) groups excluding carboxylic acids is 1. The van der Waals surface area contributed by atoms with E-state index in [1.165, 1.54) is 18.3 Å². The van der Waals surface area contributed by atoms with Gasteiger partial charge in [0.1, 0.15) is 23.2 Å². The Labute approximate surface area is 161 Å². The number of carbonyl (C=O) groups is 1. The van der Waals surface area contributed by atoms with E-state index in [0.717, 1.165) is 12.1 Å². The van der Waals surface area contributed by atoms with Gasteiger partial charge < -0.3 is 15.4 Å². The number of para-hydroxylation sites is 2. The SMILES string of the molecule is CC(C)Oc1ccccc1NC(=O)c1ccc(Nc2ccc(F)cc2F)nc1. The van der Waals surface area contributed by atoms with E-state index in [1.54, 1.807) is 24.3 Å². The monoisotopic (exact) mass is 383 g/mol. The van der Waals surface area contributed by atoms with Gasteiger partial charge in [-0.25, -0.2) is 13.8 Å². The van der Waals surface area contributed by atoms with Gasteiger partial charge in [0, 0.05) is 12.3 Å². The predicted molar refractivity (Wildman–Crippen MR) is 104 cm³/mol. The molecule has 7 heteroatoms. The Hall–Kier alpha value is -3.48. The number of hydrogen-bond donors (Lipinski definition) is 2. The van der Waals surface area contributed by atoms with Crippen LogP contribution in [0.3, 0.4) is 0 Å². The number of ether oxygens (including phenoxy) is 1.